The summed E-state index contributed by atoms with van der Waals surface area (Å²) in [5.41, 5.74) is 5.76. The molecule has 0 aromatic carbocycles. The van der Waals surface area contributed by atoms with Crippen molar-refractivity contribution in [1.82, 2.24) is 9.97 Å². The second-order valence-electron chi connectivity index (χ2n) is 7.56. The Kier molecular flexibility index (Phi) is 6.84. The number of nitrogens with zero attached hydrogens (tertiary/aromatic N) is 2. The third-order valence-corrected chi connectivity index (χ3v) is 5.45. The van der Waals surface area contributed by atoms with Crippen LogP contribution in [-0.4, -0.2) is 51.9 Å². The number of anilines is 2. The maximum atomic E-state index is 11.7. The maximum Gasteiger partial charge on any atom is 0.254 e. The van der Waals surface area contributed by atoms with Gasteiger partial charge in [0.15, 0.2) is 0 Å². The number of primary amides is 1. The SMILES string of the molecule is CCOC1CCC(Nc2ncc(C(N)=O)c(N[C@@H]3CCC[C@@H](O)C3)n2)CC1. The molecular weight excluding hydrogens is 346 g/mol. The summed E-state index contributed by atoms with van der Waals surface area (Å²) >= 11 is 0. The molecular formula is C19H31N5O3. The molecule has 1 heterocycles. The van der Waals surface area contributed by atoms with Crippen molar-refractivity contribution < 1.29 is 14.6 Å². The standard InChI is InChI=1S/C19H31N5O3/c1-2-27-15-8-6-12(7-9-15)23-19-21-11-16(17(20)26)18(24-19)22-13-4-3-5-14(25)10-13/h11-15,25H,2-10H2,1H3,(H2,20,26)(H2,21,22,23,24)/t12?,13-,14-,15?/m1/s1. The zero-order valence-electron chi connectivity index (χ0n) is 16.0. The lowest BCUT2D eigenvalue weighted by Gasteiger charge is -2.29. The smallest absolute Gasteiger partial charge is 0.254 e. The van der Waals surface area contributed by atoms with E-state index in [4.69, 9.17) is 10.5 Å². The van der Waals surface area contributed by atoms with Crippen LogP contribution in [0.1, 0.15) is 68.6 Å². The second-order valence-corrected chi connectivity index (χ2v) is 7.56. The van der Waals surface area contributed by atoms with Crippen molar-refractivity contribution in [2.24, 2.45) is 5.73 Å². The highest BCUT2D eigenvalue weighted by Crippen LogP contribution is 2.26. The Hall–Kier alpha value is -1.93. The van der Waals surface area contributed by atoms with Crippen LogP contribution in [0, 0.1) is 0 Å². The minimum Gasteiger partial charge on any atom is -0.393 e. The number of nitrogens with two attached hydrogens (primary N) is 1. The molecule has 2 fully saturated rings. The van der Waals surface area contributed by atoms with Gasteiger partial charge in [0, 0.05) is 24.9 Å². The Bertz CT molecular complexity index is 634. The summed E-state index contributed by atoms with van der Waals surface area (Å²) in [6.07, 6.45) is 8.92. The molecule has 8 nitrogen and oxygen atoms in total. The number of hydrogen-bond donors (Lipinski definition) is 4. The minimum atomic E-state index is -0.558. The van der Waals surface area contributed by atoms with E-state index in [9.17, 15) is 9.90 Å². The Morgan fingerprint density at radius 3 is 2.67 bits per heavy atom. The topological polar surface area (TPSA) is 122 Å². The van der Waals surface area contributed by atoms with E-state index in [0.717, 1.165) is 51.6 Å². The molecule has 2 aliphatic rings. The van der Waals surface area contributed by atoms with Crippen molar-refractivity contribution in [1.29, 1.82) is 0 Å². The fourth-order valence-electron chi connectivity index (χ4n) is 4.02. The molecule has 150 valence electrons. The van der Waals surface area contributed by atoms with Gasteiger partial charge in [-0.05, 0) is 58.3 Å². The molecule has 0 unspecified atom stereocenters. The van der Waals surface area contributed by atoms with Gasteiger partial charge in [0.05, 0.1) is 17.8 Å². The molecule has 2 aliphatic carbocycles. The molecule has 2 atom stereocenters. The monoisotopic (exact) mass is 377 g/mol. The van der Waals surface area contributed by atoms with Crippen molar-refractivity contribution >= 4 is 17.7 Å². The van der Waals surface area contributed by atoms with Gasteiger partial charge in [-0.3, -0.25) is 4.79 Å². The van der Waals surface area contributed by atoms with E-state index >= 15 is 0 Å². The van der Waals surface area contributed by atoms with Crippen LogP contribution < -0.4 is 16.4 Å². The Labute approximate surface area is 160 Å². The molecule has 8 heteroatoms. The van der Waals surface area contributed by atoms with Gasteiger partial charge >= 0.3 is 0 Å². The quantitative estimate of drug-likeness (QED) is 0.573. The lowest BCUT2D eigenvalue weighted by Crippen LogP contribution is -2.32. The third-order valence-electron chi connectivity index (χ3n) is 5.45. The average molecular weight is 377 g/mol. The summed E-state index contributed by atoms with van der Waals surface area (Å²) < 4.78 is 5.69. The van der Waals surface area contributed by atoms with Crippen LogP contribution in [0.2, 0.25) is 0 Å². The highest BCUT2D eigenvalue weighted by Gasteiger charge is 2.24. The molecule has 3 rings (SSSR count). The van der Waals surface area contributed by atoms with Crippen molar-refractivity contribution in [2.75, 3.05) is 17.2 Å². The number of aliphatic hydroxyl groups excluding tert-OH is 1. The second kappa shape index (κ2) is 9.32. The summed E-state index contributed by atoms with van der Waals surface area (Å²) in [7, 11) is 0. The van der Waals surface area contributed by atoms with Gasteiger partial charge in [-0.2, -0.15) is 4.98 Å². The Balaban J connectivity index is 1.65. The Morgan fingerprint density at radius 1 is 1.22 bits per heavy atom. The molecule has 1 amide bonds. The molecule has 1 aromatic rings. The van der Waals surface area contributed by atoms with E-state index < -0.39 is 5.91 Å². The van der Waals surface area contributed by atoms with Crippen molar-refractivity contribution in [3.05, 3.63) is 11.8 Å². The zero-order chi connectivity index (χ0) is 19.2. The third kappa shape index (κ3) is 5.52. The highest BCUT2D eigenvalue weighted by atomic mass is 16.5. The first-order chi connectivity index (χ1) is 13.0. The van der Waals surface area contributed by atoms with Crippen LogP contribution in [0.15, 0.2) is 6.20 Å². The highest BCUT2D eigenvalue weighted by molar-refractivity contribution is 5.97. The predicted molar refractivity (Wildman–Crippen MR) is 104 cm³/mol. The number of aromatic nitrogens is 2. The lowest BCUT2D eigenvalue weighted by atomic mass is 9.93. The van der Waals surface area contributed by atoms with Crippen LogP contribution in [0.5, 0.6) is 0 Å². The van der Waals surface area contributed by atoms with Gasteiger partial charge in [0.25, 0.3) is 5.91 Å². The summed E-state index contributed by atoms with van der Waals surface area (Å²) in [5.74, 6) is 0.387. The van der Waals surface area contributed by atoms with E-state index in [-0.39, 0.29) is 17.7 Å². The van der Waals surface area contributed by atoms with Gasteiger partial charge in [-0.25, -0.2) is 4.98 Å². The normalized spacial score (nSPS) is 28.5. The molecule has 0 spiro atoms. The van der Waals surface area contributed by atoms with Gasteiger partial charge in [0.1, 0.15) is 5.82 Å². The molecule has 0 radical (unpaired) electrons. The van der Waals surface area contributed by atoms with E-state index in [0.29, 0.717) is 30.3 Å². The maximum absolute atomic E-state index is 11.7. The number of rotatable bonds is 7. The number of aliphatic hydroxyl groups is 1. The zero-order valence-corrected chi connectivity index (χ0v) is 16.0. The van der Waals surface area contributed by atoms with Crippen LogP contribution in [0.25, 0.3) is 0 Å². The summed E-state index contributed by atoms with van der Waals surface area (Å²) in [6, 6.07) is 0.377. The van der Waals surface area contributed by atoms with E-state index in [1.807, 2.05) is 6.92 Å². The van der Waals surface area contributed by atoms with E-state index in [2.05, 4.69) is 20.6 Å². The number of amides is 1. The fourth-order valence-corrected chi connectivity index (χ4v) is 4.02. The average Bonchev–Trinajstić information content (AvgIpc) is 2.63. The first-order valence-corrected chi connectivity index (χ1v) is 10.0. The van der Waals surface area contributed by atoms with Crippen LogP contribution >= 0.6 is 0 Å². The van der Waals surface area contributed by atoms with Crippen molar-refractivity contribution in [3.63, 3.8) is 0 Å². The van der Waals surface area contributed by atoms with Crippen LogP contribution in [0.4, 0.5) is 11.8 Å². The van der Waals surface area contributed by atoms with Gasteiger partial charge < -0.3 is 26.2 Å². The fraction of sp³-hybridized carbons (Fsp3) is 0.737. The molecule has 2 saturated carbocycles. The first-order valence-electron chi connectivity index (χ1n) is 10.0. The summed E-state index contributed by atoms with van der Waals surface area (Å²) in [4.78, 5) is 20.5. The molecule has 0 bridgehead atoms. The number of nitrogens with one attached hydrogen (secondary N) is 2. The number of ether oxygens (including phenoxy) is 1. The predicted octanol–water partition coefficient (Wildman–Crippen LogP) is 2.05. The summed E-state index contributed by atoms with van der Waals surface area (Å²) in [5, 5.41) is 16.5. The lowest BCUT2D eigenvalue weighted by molar-refractivity contribution is 0.0346. The van der Waals surface area contributed by atoms with Crippen molar-refractivity contribution in [2.45, 2.75) is 82.6 Å². The molecule has 0 aliphatic heterocycles. The van der Waals surface area contributed by atoms with Crippen LogP contribution in [0.3, 0.4) is 0 Å². The number of carbonyl (C=O) groups excluding carboxylic acids is 1. The molecule has 1 aromatic heterocycles. The molecule has 27 heavy (non-hydrogen) atoms. The largest absolute Gasteiger partial charge is 0.393 e. The molecule has 5 N–H and O–H groups in total. The first kappa shape index (κ1) is 19.8. The van der Waals surface area contributed by atoms with Gasteiger partial charge in [-0.15, -0.1) is 0 Å². The van der Waals surface area contributed by atoms with Gasteiger partial charge in [0.2, 0.25) is 5.95 Å². The van der Waals surface area contributed by atoms with E-state index in [1.54, 1.807) is 0 Å². The number of carbonyl (C=O) groups is 1. The van der Waals surface area contributed by atoms with Crippen molar-refractivity contribution in [3.8, 4) is 0 Å². The van der Waals surface area contributed by atoms with Gasteiger partial charge in [-0.1, -0.05) is 0 Å². The minimum absolute atomic E-state index is 0.0798. The molecule has 0 saturated heterocycles. The number of hydrogen-bond acceptors (Lipinski definition) is 7. The summed E-state index contributed by atoms with van der Waals surface area (Å²) in [6.45, 7) is 2.78. The Morgan fingerprint density at radius 2 is 2.00 bits per heavy atom. The van der Waals surface area contributed by atoms with E-state index in [1.165, 1.54) is 6.20 Å². The van der Waals surface area contributed by atoms with Crippen LogP contribution in [-0.2, 0) is 4.74 Å².